The number of anilines is 1. The van der Waals surface area contributed by atoms with Crippen molar-refractivity contribution < 1.29 is 13.5 Å². The monoisotopic (exact) mass is 308 g/mol. The third-order valence-corrected chi connectivity index (χ3v) is 6.02. The van der Waals surface area contributed by atoms with Crippen molar-refractivity contribution in [3.63, 3.8) is 0 Å². The summed E-state index contributed by atoms with van der Waals surface area (Å²) in [7, 11) is -3.69. The molecule has 0 aliphatic rings. The molecule has 1 heterocycles. The molecule has 1 aromatic heterocycles. The maximum atomic E-state index is 12.5. The van der Waals surface area contributed by atoms with E-state index < -0.39 is 10.0 Å². The van der Waals surface area contributed by atoms with Crippen LogP contribution in [0, 0.1) is 11.3 Å². The number of aromatic hydroxyl groups is 1. The van der Waals surface area contributed by atoms with Crippen LogP contribution in [0.4, 0.5) is 5.69 Å². The normalized spacial score (nSPS) is 11.0. The molecule has 0 radical (unpaired) electrons. The number of hydrogen-bond donors (Lipinski definition) is 1. The van der Waals surface area contributed by atoms with Gasteiger partial charge in [-0.2, -0.15) is 5.26 Å². The third-order valence-electron chi connectivity index (χ3n) is 2.66. The number of sulfonamides is 1. The predicted molar refractivity (Wildman–Crippen MR) is 77.3 cm³/mol. The third kappa shape index (κ3) is 2.61. The first-order chi connectivity index (χ1) is 9.48. The number of nitriles is 1. The molecule has 0 aliphatic heterocycles. The van der Waals surface area contributed by atoms with Crippen molar-refractivity contribution in [3.05, 3.63) is 41.3 Å². The van der Waals surface area contributed by atoms with E-state index in [1.165, 1.54) is 40.7 Å². The fraction of sp³-hybridized carbons (Fsp3) is 0.154. The molecule has 1 aromatic carbocycles. The molecular formula is C13H12N2O3S2. The number of nitrogens with zero attached hydrogens (tertiary/aromatic N) is 2. The minimum Gasteiger partial charge on any atom is -0.508 e. The number of phenolic OH excluding ortho intramolecular Hbond substituents is 1. The highest BCUT2D eigenvalue weighted by molar-refractivity contribution is 7.94. The van der Waals surface area contributed by atoms with Crippen LogP contribution in [0.25, 0.3) is 0 Å². The van der Waals surface area contributed by atoms with Crippen LogP contribution in [-0.2, 0) is 10.0 Å². The van der Waals surface area contributed by atoms with Gasteiger partial charge < -0.3 is 5.11 Å². The average molecular weight is 308 g/mol. The SMILES string of the molecule is CCN(c1ccc(O)cc1)S(=O)(=O)c1ccc(C#N)s1. The van der Waals surface area contributed by atoms with E-state index in [2.05, 4.69) is 0 Å². The van der Waals surface area contributed by atoms with Gasteiger partial charge in [-0.05, 0) is 43.3 Å². The summed E-state index contributed by atoms with van der Waals surface area (Å²) in [5.74, 6) is 0.0742. The zero-order chi connectivity index (χ0) is 14.8. The van der Waals surface area contributed by atoms with Gasteiger partial charge in [0, 0.05) is 6.54 Å². The van der Waals surface area contributed by atoms with E-state index in [0.29, 0.717) is 10.6 Å². The Labute approximate surface area is 121 Å². The molecule has 0 aliphatic carbocycles. The lowest BCUT2D eigenvalue weighted by molar-refractivity contribution is 0.475. The van der Waals surface area contributed by atoms with Gasteiger partial charge in [0.15, 0.2) is 0 Å². The summed E-state index contributed by atoms with van der Waals surface area (Å²) in [5, 5.41) is 18.0. The van der Waals surface area contributed by atoms with Crippen LogP contribution >= 0.6 is 11.3 Å². The lowest BCUT2D eigenvalue weighted by Gasteiger charge is -2.21. The molecule has 0 saturated heterocycles. The van der Waals surface area contributed by atoms with Gasteiger partial charge in [-0.1, -0.05) is 0 Å². The number of phenols is 1. The van der Waals surface area contributed by atoms with Crippen LogP contribution < -0.4 is 4.31 Å². The fourth-order valence-corrected chi connectivity index (χ4v) is 4.43. The van der Waals surface area contributed by atoms with Crippen LogP contribution in [0.15, 0.2) is 40.6 Å². The molecule has 7 heteroatoms. The summed E-state index contributed by atoms with van der Waals surface area (Å²) in [6.45, 7) is 1.98. The van der Waals surface area contributed by atoms with E-state index in [-0.39, 0.29) is 16.5 Å². The smallest absolute Gasteiger partial charge is 0.273 e. The van der Waals surface area contributed by atoms with E-state index in [1.54, 1.807) is 6.92 Å². The van der Waals surface area contributed by atoms with E-state index in [4.69, 9.17) is 5.26 Å². The summed E-state index contributed by atoms with van der Waals surface area (Å²) in [4.78, 5) is 0.352. The Morgan fingerprint density at radius 1 is 1.25 bits per heavy atom. The van der Waals surface area contributed by atoms with Gasteiger partial charge in [0.1, 0.15) is 20.9 Å². The van der Waals surface area contributed by atoms with Crippen molar-refractivity contribution in [2.45, 2.75) is 11.1 Å². The van der Waals surface area contributed by atoms with Crippen molar-refractivity contribution >= 4 is 27.0 Å². The average Bonchev–Trinajstić information content (AvgIpc) is 2.91. The Balaban J connectivity index is 2.45. The molecule has 5 nitrogen and oxygen atoms in total. The highest BCUT2D eigenvalue weighted by Crippen LogP contribution is 2.29. The van der Waals surface area contributed by atoms with Crippen molar-refractivity contribution in [2.75, 3.05) is 10.8 Å². The van der Waals surface area contributed by atoms with Crippen molar-refractivity contribution in [1.82, 2.24) is 0 Å². The topological polar surface area (TPSA) is 81.4 Å². The lowest BCUT2D eigenvalue weighted by Crippen LogP contribution is -2.30. The second kappa shape index (κ2) is 5.53. The number of benzene rings is 1. The second-order valence-corrected chi connectivity index (χ2v) is 7.09. The largest absolute Gasteiger partial charge is 0.508 e. The standard InChI is InChI=1S/C13H12N2O3S2/c1-2-15(10-3-5-11(16)6-4-10)20(17,18)13-8-7-12(9-14)19-13/h3-8,16H,2H2,1H3. The van der Waals surface area contributed by atoms with E-state index >= 15 is 0 Å². The quantitative estimate of drug-likeness (QED) is 0.941. The van der Waals surface area contributed by atoms with Gasteiger partial charge in [0.2, 0.25) is 0 Å². The van der Waals surface area contributed by atoms with Gasteiger partial charge >= 0.3 is 0 Å². The van der Waals surface area contributed by atoms with Gasteiger partial charge in [0.25, 0.3) is 10.0 Å². The van der Waals surface area contributed by atoms with Crippen LogP contribution in [0.3, 0.4) is 0 Å². The highest BCUT2D eigenvalue weighted by Gasteiger charge is 2.25. The van der Waals surface area contributed by atoms with Gasteiger partial charge in [-0.25, -0.2) is 8.42 Å². The number of thiophene rings is 1. The molecule has 0 bridgehead atoms. The maximum Gasteiger partial charge on any atom is 0.273 e. The van der Waals surface area contributed by atoms with Crippen LogP contribution in [0.5, 0.6) is 5.75 Å². The first-order valence-electron chi connectivity index (χ1n) is 5.80. The molecule has 0 amide bonds. The molecule has 0 fully saturated rings. The zero-order valence-corrected chi connectivity index (χ0v) is 12.3. The summed E-state index contributed by atoms with van der Waals surface area (Å²) < 4.78 is 26.4. The molecule has 20 heavy (non-hydrogen) atoms. The zero-order valence-electron chi connectivity index (χ0n) is 10.6. The molecule has 1 N–H and O–H groups in total. The van der Waals surface area contributed by atoms with Gasteiger partial charge in [-0.15, -0.1) is 11.3 Å². The van der Waals surface area contributed by atoms with E-state index in [1.807, 2.05) is 6.07 Å². The first-order valence-corrected chi connectivity index (χ1v) is 8.06. The molecule has 0 saturated carbocycles. The number of rotatable bonds is 4. The molecular weight excluding hydrogens is 296 g/mol. The Kier molecular flexibility index (Phi) is 3.97. The number of hydrogen-bond acceptors (Lipinski definition) is 5. The summed E-state index contributed by atoms with van der Waals surface area (Å²) in [5.41, 5.74) is 0.470. The second-order valence-electron chi connectivity index (χ2n) is 3.92. The minimum atomic E-state index is -3.69. The minimum absolute atomic E-state index is 0.0742. The Hall–Kier alpha value is -2.04. The summed E-state index contributed by atoms with van der Waals surface area (Å²) in [6.07, 6.45) is 0. The predicted octanol–water partition coefficient (Wildman–Crippen LogP) is 2.54. The van der Waals surface area contributed by atoms with Crippen molar-refractivity contribution in [2.24, 2.45) is 0 Å². The molecule has 0 atom stereocenters. The highest BCUT2D eigenvalue weighted by atomic mass is 32.2. The van der Waals surface area contributed by atoms with Crippen LogP contribution in [0.1, 0.15) is 11.8 Å². The molecule has 104 valence electrons. The van der Waals surface area contributed by atoms with Crippen molar-refractivity contribution in [1.29, 1.82) is 5.26 Å². The Morgan fingerprint density at radius 3 is 2.40 bits per heavy atom. The van der Waals surface area contributed by atoms with Gasteiger partial charge in [-0.3, -0.25) is 4.31 Å². The lowest BCUT2D eigenvalue weighted by atomic mass is 10.3. The molecule has 0 unspecified atom stereocenters. The van der Waals surface area contributed by atoms with Crippen molar-refractivity contribution in [3.8, 4) is 11.8 Å². The van der Waals surface area contributed by atoms with Crippen LogP contribution in [-0.4, -0.2) is 20.1 Å². The summed E-state index contributed by atoms with van der Waals surface area (Å²) in [6, 6.07) is 10.8. The summed E-state index contributed by atoms with van der Waals surface area (Å²) >= 11 is 0.941. The first kappa shape index (κ1) is 14.4. The van der Waals surface area contributed by atoms with E-state index in [0.717, 1.165) is 11.3 Å². The Bertz CT molecular complexity index is 743. The van der Waals surface area contributed by atoms with Crippen LogP contribution in [0.2, 0.25) is 0 Å². The molecule has 2 aromatic rings. The Morgan fingerprint density at radius 2 is 1.90 bits per heavy atom. The molecule has 2 rings (SSSR count). The van der Waals surface area contributed by atoms with E-state index in [9.17, 15) is 13.5 Å². The molecule has 0 spiro atoms. The van der Waals surface area contributed by atoms with Gasteiger partial charge in [0.05, 0.1) is 5.69 Å². The maximum absolute atomic E-state index is 12.5. The fourth-order valence-electron chi connectivity index (χ4n) is 1.74.